The van der Waals surface area contributed by atoms with E-state index in [1.807, 2.05) is 0 Å². The second-order valence-corrected chi connectivity index (χ2v) is 16.8. The van der Waals surface area contributed by atoms with E-state index < -0.39 is 6.10 Å². The van der Waals surface area contributed by atoms with Gasteiger partial charge in [-0.05, 0) is 96.3 Å². The Labute approximate surface area is 387 Å². The van der Waals surface area contributed by atoms with Crippen LogP contribution in [0.3, 0.4) is 0 Å². The van der Waals surface area contributed by atoms with Gasteiger partial charge in [-0.25, -0.2) is 0 Å². The number of unbranched alkanes of at least 4 members (excludes halogenated alkanes) is 21. The second kappa shape index (κ2) is 51.0. The van der Waals surface area contributed by atoms with E-state index in [2.05, 4.69) is 118 Å². The molecule has 0 heterocycles. The minimum atomic E-state index is -0.806. The number of hydrogen-bond donors (Lipinski definition) is 0. The van der Waals surface area contributed by atoms with Gasteiger partial charge in [0.25, 0.3) is 0 Å². The Bertz CT molecular complexity index is 1280. The molecule has 6 nitrogen and oxygen atoms in total. The van der Waals surface area contributed by atoms with Gasteiger partial charge in [0.05, 0.1) is 0 Å². The van der Waals surface area contributed by atoms with Gasteiger partial charge in [-0.1, -0.05) is 208 Å². The second-order valence-electron chi connectivity index (χ2n) is 16.8. The number of ether oxygens (including phenoxy) is 3. The number of rotatable bonds is 45. The fourth-order valence-corrected chi connectivity index (χ4v) is 6.80. The van der Waals surface area contributed by atoms with Crippen LogP contribution in [0.5, 0.6) is 0 Å². The fourth-order valence-electron chi connectivity index (χ4n) is 6.80. The molecule has 358 valence electrons. The molecule has 0 N–H and O–H groups in total. The van der Waals surface area contributed by atoms with Gasteiger partial charge < -0.3 is 14.2 Å². The van der Waals surface area contributed by atoms with Crippen LogP contribution in [0.4, 0.5) is 0 Å². The van der Waals surface area contributed by atoms with Gasteiger partial charge in [-0.2, -0.15) is 0 Å². The van der Waals surface area contributed by atoms with Gasteiger partial charge in [0.2, 0.25) is 0 Å². The summed E-state index contributed by atoms with van der Waals surface area (Å²) in [6.07, 6.45) is 66.8. The molecule has 6 heteroatoms. The first-order valence-corrected chi connectivity index (χ1v) is 25.8. The Kier molecular flexibility index (Phi) is 48.0. The van der Waals surface area contributed by atoms with Gasteiger partial charge in [-0.3, -0.25) is 14.4 Å². The third-order valence-electron chi connectivity index (χ3n) is 10.6. The van der Waals surface area contributed by atoms with Crippen molar-refractivity contribution in [2.45, 2.75) is 232 Å². The molecule has 0 bridgehead atoms. The SMILES string of the molecule is CC\C=C/C=C\C=C/CCCCCCCCCC(=O)OC(COC(=O)CCCC/C=C\C/C=C\C/C=C\CC)COC(=O)CCCCCCC/C=C\C=C/CCCCCCCCC. The third kappa shape index (κ3) is 49.2. The van der Waals surface area contributed by atoms with Crippen molar-refractivity contribution in [3.05, 3.63) is 97.2 Å². The highest BCUT2D eigenvalue weighted by Crippen LogP contribution is 2.13. The molecule has 0 aliphatic heterocycles. The molecule has 0 amide bonds. The van der Waals surface area contributed by atoms with Crippen LogP contribution in [0.1, 0.15) is 226 Å². The van der Waals surface area contributed by atoms with Gasteiger partial charge in [-0.15, -0.1) is 0 Å². The van der Waals surface area contributed by atoms with Crippen LogP contribution in [0.25, 0.3) is 0 Å². The molecule has 0 fully saturated rings. The van der Waals surface area contributed by atoms with Crippen molar-refractivity contribution in [3.63, 3.8) is 0 Å². The Morgan fingerprint density at radius 3 is 1.19 bits per heavy atom. The number of carbonyl (C=O) groups excluding carboxylic acids is 3. The van der Waals surface area contributed by atoms with E-state index in [9.17, 15) is 14.4 Å². The lowest BCUT2D eigenvalue weighted by Crippen LogP contribution is -2.30. The normalized spacial score (nSPS) is 12.9. The van der Waals surface area contributed by atoms with E-state index in [0.29, 0.717) is 19.3 Å². The lowest BCUT2D eigenvalue weighted by Gasteiger charge is -2.18. The van der Waals surface area contributed by atoms with E-state index in [1.165, 1.54) is 70.6 Å². The molecular formula is C57H94O6. The predicted molar refractivity (Wildman–Crippen MR) is 270 cm³/mol. The number of esters is 3. The summed E-state index contributed by atoms with van der Waals surface area (Å²) in [5, 5.41) is 0. The molecule has 0 radical (unpaired) electrons. The summed E-state index contributed by atoms with van der Waals surface area (Å²) in [5.41, 5.74) is 0. The standard InChI is InChI=1S/C57H94O6/c1-4-7-10-13-16-19-22-25-27-28-29-31-32-35-38-41-44-47-50-56(59)62-53-54(52-61-55(58)49-46-43-40-37-34-24-21-18-15-12-9-6-3)63-57(60)51-48-45-42-39-36-33-30-26-23-20-17-14-11-8-5-2/h8-9,11-12,14,17-18,20-21,23,27-29,31,34,37,54H,4-7,10,13,15-16,19,22,24-26,30,32-33,35-36,38-53H2,1-3H3/b11-8-,12-9-,17-14-,21-18-,23-20-,28-27-,31-29-,37-34-. The van der Waals surface area contributed by atoms with Gasteiger partial charge in [0, 0.05) is 19.3 Å². The van der Waals surface area contributed by atoms with Crippen LogP contribution in [-0.4, -0.2) is 37.2 Å². The molecule has 0 saturated carbocycles. The molecule has 0 aliphatic rings. The maximum atomic E-state index is 12.8. The molecule has 0 aromatic heterocycles. The van der Waals surface area contributed by atoms with Gasteiger partial charge in [0.1, 0.15) is 13.2 Å². The third-order valence-corrected chi connectivity index (χ3v) is 10.6. The maximum Gasteiger partial charge on any atom is 0.306 e. The smallest absolute Gasteiger partial charge is 0.306 e. The van der Waals surface area contributed by atoms with Crippen molar-refractivity contribution in [1.29, 1.82) is 0 Å². The monoisotopic (exact) mass is 875 g/mol. The van der Waals surface area contributed by atoms with E-state index in [-0.39, 0.29) is 31.1 Å². The van der Waals surface area contributed by atoms with Crippen molar-refractivity contribution in [2.24, 2.45) is 0 Å². The molecule has 0 aromatic carbocycles. The molecule has 63 heavy (non-hydrogen) atoms. The van der Waals surface area contributed by atoms with E-state index in [1.54, 1.807) is 0 Å². The minimum Gasteiger partial charge on any atom is -0.462 e. The van der Waals surface area contributed by atoms with Gasteiger partial charge in [0.15, 0.2) is 6.10 Å². The van der Waals surface area contributed by atoms with Crippen molar-refractivity contribution < 1.29 is 28.6 Å². The first-order chi connectivity index (χ1) is 31.0. The molecule has 0 rings (SSSR count). The zero-order chi connectivity index (χ0) is 45.8. The average Bonchev–Trinajstić information content (AvgIpc) is 3.28. The highest BCUT2D eigenvalue weighted by atomic mass is 16.6. The van der Waals surface area contributed by atoms with Crippen LogP contribution in [-0.2, 0) is 28.6 Å². The van der Waals surface area contributed by atoms with E-state index >= 15 is 0 Å². The summed E-state index contributed by atoms with van der Waals surface area (Å²) in [6, 6.07) is 0. The molecule has 0 aliphatic carbocycles. The largest absolute Gasteiger partial charge is 0.462 e. The van der Waals surface area contributed by atoms with Crippen LogP contribution in [0.2, 0.25) is 0 Å². The minimum absolute atomic E-state index is 0.104. The van der Waals surface area contributed by atoms with E-state index in [4.69, 9.17) is 14.2 Å². The molecular weight excluding hydrogens is 781 g/mol. The lowest BCUT2D eigenvalue weighted by molar-refractivity contribution is -0.167. The van der Waals surface area contributed by atoms with Crippen molar-refractivity contribution >= 4 is 17.9 Å². The average molecular weight is 875 g/mol. The molecule has 0 aromatic rings. The topological polar surface area (TPSA) is 78.9 Å². The van der Waals surface area contributed by atoms with Crippen LogP contribution in [0, 0.1) is 0 Å². The number of carbonyl (C=O) groups is 3. The number of allylic oxidation sites excluding steroid dienone is 16. The van der Waals surface area contributed by atoms with Crippen molar-refractivity contribution in [2.75, 3.05) is 13.2 Å². The summed E-state index contributed by atoms with van der Waals surface area (Å²) < 4.78 is 16.7. The number of hydrogen-bond acceptors (Lipinski definition) is 6. The van der Waals surface area contributed by atoms with Crippen LogP contribution < -0.4 is 0 Å². The maximum absolute atomic E-state index is 12.8. The van der Waals surface area contributed by atoms with Crippen LogP contribution in [0.15, 0.2) is 97.2 Å². The zero-order valence-corrected chi connectivity index (χ0v) is 40.8. The highest BCUT2D eigenvalue weighted by molar-refractivity contribution is 5.71. The van der Waals surface area contributed by atoms with Gasteiger partial charge >= 0.3 is 17.9 Å². The molecule has 1 atom stereocenters. The summed E-state index contributed by atoms with van der Waals surface area (Å²) in [5.74, 6) is -0.974. The fraction of sp³-hybridized carbons (Fsp3) is 0.667. The Morgan fingerprint density at radius 1 is 0.349 bits per heavy atom. The molecule has 0 spiro atoms. The molecule has 1 unspecified atom stereocenters. The Balaban J connectivity index is 4.46. The van der Waals surface area contributed by atoms with Crippen molar-refractivity contribution in [3.8, 4) is 0 Å². The lowest BCUT2D eigenvalue weighted by atomic mass is 10.1. The first kappa shape index (κ1) is 59.3. The summed E-state index contributed by atoms with van der Waals surface area (Å²) >= 11 is 0. The Morgan fingerprint density at radius 2 is 0.698 bits per heavy atom. The molecule has 0 saturated heterocycles. The summed E-state index contributed by atoms with van der Waals surface area (Å²) in [7, 11) is 0. The van der Waals surface area contributed by atoms with E-state index in [0.717, 1.165) is 116 Å². The quantitative estimate of drug-likeness (QED) is 0.0199. The summed E-state index contributed by atoms with van der Waals surface area (Å²) in [4.78, 5) is 37.9. The highest BCUT2D eigenvalue weighted by Gasteiger charge is 2.19. The van der Waals surface area contributed by atoms with Crippen LogP contribution >= 0.6 is 0 Å². The first-order valence-electron chi connectivity index (χ1n) is 25.8. The van der Waals surface area contributed by atoms with Crippen molar-refractivity contribution in [1.82, 2.24) is 0 Å². The summed E-state index contributed by atoms with van der Waals surface area (Å²) in [6.45, 7) is 6.32. The zero-order valence-electron chi connectivity index (χ0n) is 40.8. The Hall–Kier alpha value is -3.67. The predicted octanol–water partition coefficient (Wildman–Crippen LogP) is 17.0.